The molecule has 0 unspecified atom stereocenters. The van der Waals surface area contributed by atoms with Gasteiger partial charge in [0.15, 0.2) is 0 Å². The largest absolute Gasteiger partial charge is 0.461 e. The summed E-state index contributed by atoms with van der Waals surface area (Å²) in [5, 5.41) is 0. The molecule has 0 N–H and O–H groups in total. The maximum atomic E-state index is 10.9. The molecule has 2 atom stereocenters. The minimum absolute atomic E-state index is 0.224. The van der Waals surface area contributed by atoms with E-state index in [1.807, 2.05) is 13.0 Å². The Kier molecular flexibility index (Phi) is 8.30. The predicted molar refractivity (Wildman–Crippen MR) is 110 cm³/mol. The number of ether oxygens (including phenoxy) is 2. The van der Waals surface area contributed by atoms with E-state index in [4.69, 9.17) is 9.47 Å². The molecule has 148 valence electrons. The van der Waals surface area contributed by atoms with Crippen molar-refractivity contribution < 1.29 is 14.3 Å². The number of benzene rings is 1. The molecule has 0 spiro atoms. The third-order valence-corrected chi connectivity index (χ3v) is 5.68. The fourth-order valence-electron chi connectivity index (χ4n) is 3.92. The van der Waals surface area contributed by atoms with Crippen molar-refractivity contribution in [2.75, 3.05) is 13.2 Å². The van der Waals surface area contributed by atoms with Crippen molar-refractivity contribution in [2.24, 2.45) is 11.3 Å². The molecule has 0 saturated carbocycles. The van der Waals surface area contributed by atoms with Crippen molar-refractivity contribution in [3.63, 3.8) is 0 Å². The number of allylic oxidation sites excluding steroid dienone is 2. The average molecular weight is 371 g/mol. The van der Waals surface area contributed by atoms with Gasteiger partial charge in [0.25, 0.3) is 0 Å². The van der Waals surface area contributed by atoms with Crippen LogP contribution in [-0.4, -0.2) is 19.2 Å². The zero-order valence-electron chi connectivity index (χ0n) is 17.3. The lowest BCUT2D eigenvalue weighted by molar-refractivity contribution is -0.139. The first-order chi connectivity index (χ1) is 12.9. The van der Waals surface area contributed by atoms with Crippen LogP contribution >= 0.6 is 0 Å². The second-order valence-electron chi connectivity index (χ2n) is 8.06. The highest BCUT2D eigenvalue weighted by Crippen LogP contribution is 2.45. The third kappa shape index (κ3) is 6.99. The maximum absolute atomic E-state index is 10.9. The fourth-order valence-corrected chi connectivity index (χ4v) is 3.92. The first-order valence-corrected chi connectivity index (χ1v) is 9.98. The van der Waals surface area contributed by atoms with E-state index in [0.29, 0.717) is 19.1 Å². The molecule has 1 aromatic carbocycles. The number of hydrogen-bond donors (Lipinski definition) is 0. The van der Waals surface area contributed by atoms with Gasteiger partial charge in [-0.25, -0.2) is 0 Å². The maximum Gasteiger partial charge on any atom is 0.302 e. The van der Waals surface area contributed by atoms with Crippen LogP contribution in [0.2, 0.25) is 0 Å². The van der Waals surface area contributed by atoms with Crippen LogP contribution in [0.4, 0.5) is 0 Å². The van der Waals surface area contributed by atoms with Crippen LogP contribution in [-0.2, 0) is 20.9 Å². The van der Waals surface area contributed by atoms with Gasteiger partial charge in [-0.2, -0.15) is 0 Å². The summed E-state index contributed by atoms with van der Waals surface area (Å²) in [4.78, 5) is 10.9. The molecule has 3 heteroatoms. The van der Waals surface area contributed by atoms with Crippen LogP contribution in [0.15, 0.2) is 53.6 Å². The highest BCUT2D eigenvalue weighted by atomic mass is 16.5. The van der Waals surface area contributed by atoms with E-state index in [2.05, 4.69) is 50.3 Å². The summed E-state index contributed by atoms with van der Waals surface area (Å²) in [5.74, 6) is 0.232. The second-order valence-corrected chi connectivity index (χ2v) is 8.06. The standard InChI is InChI=1S/C24H34O3/c1-19(16-27-21(3)25)10-8-14-24(4)15-9-11-20(2)23(24)18-26-17-22-12-6-5-7-13-22/h5-7,10-13,23H,8-9,14-18H2,1-4H3/b19-10+/t23-,24+/m1/s1. The summed E-state index contributed by atoms with van der Waals surface area (Å²) < 4.78 is 11.2. The molecule has 0 radical (unpaired) electrons. The van der Waals surface area contributed by atoms with Gasteiger partial charge in [0.2, 0.25) is 0 Å². The third-order valence-electron chi connectivity index (χ3n) is 5.68. The summed E-state index contributed by atoms with van der Waals surface area (Å²) in [7, 11) is 0. The Morgan fingerprint density at radius 2 is 2.00 bits per heavy atom. The topological polar surface area (TPSA) is 35.5 Å². The summed E-state index contributed by atoms with van der Waals surface area (Å²) in [6.07, 6.45) is 9.05. The number of hydrogen-bond acceptors (Lipinski definition) is 3. The quantitative estimate of drug-likeness (QED) is 0.404. The predicted octanol–water partition coefficient (Wildman–Crippen LogP) is 5.86. The van der Waals surface area contributed by atoms with E-state index >= 15 is 0 Å². The highest BCUT2D eigenvalue weighted by molar-refractivity contribution is 5.66. The molecule has 0 bridgehead atoms. The molecular formula is C24H34O3. The van der Waals surface area contributed by atoms with Crippen LogP contribution in [0.1, 0.15) is 58.9 Å². The van der Waals surface area contributed by atoms with Gasteiger partial charge in [0.05, 0.1) is 13.2 Å². The Labute approximate surface area is 164 Å². The molecule has 1 aliphatic rings. The first kappa shape index (κ1) is 21.4. The molecule has 2 rings (SSSR count). The smallest absolute Gasteiger partial charge is 0.302 e. The normalized spacial score (nSPS) is 23.0. The van der Waals surface area contributed by atoms with Gasteiger partial charge in [-0.3, -0.25) is 4.79 Å². The van der Waals surface area contributed by atoms with Gasteiger partial charge >= 0.3 is 5.97 Å². The van der Waals surface area contributed by atoms with Gasteiger partial charge in [-0.15, -0.1) is 0 Å². The zero-order chi connectivity index (χ0) is 19.7. The molecular weight excluding hydrogens is 336 g/mol. The molecule has 0 aliphatic heterocycles. The van der Waals surface area contributed by atoms with Gasteiger partial charge in [0.1, 0.15) is 6.61 Å². The number of esters is 1. The lowest BCUT2D eigenvalue weighted by Crippen LogP contribution is -2.34. The monoisotopic (exact) mass is 370 g/mol. The summed E-state index contributed by atoms with van der Waals surface area (Å²) in [6, 6.07) is 10.4. The van der Waals surface area contributed by atoms with Gasteiger partial charge < -0.3 is 9.47 Å². The van der Waals surface area contributed by atoms with Gasteiger partial charge in [-0.05, 0) is 56.1 Å². The van der Waals surface area contributed by atoms with E-state index < -0.39 is 0 Å². The Hall–Kier alpha value is -1.87. The Balaban J connectivity index is 1.90. The van der Waals surface area contributed by atoms with Crippen LogP contribution in [0.25, 0.3) is 0 Å². The molecule has 0 heterocycles. The molecule has 0 fully saturated rings. The SMILES string of the molecule is CC(=O)OC/C(C)=C/CC[C@@]1(C)CCC=C(C)[C@H]1COCc1ccccc1. The lowest BCUT2D eigenvalue weighted by Gasteiger charge is -2.41. The average Bonchev–Trinajstić information content (AvgIpc) is 2.63. The molecule has 27 heavy (non-hydrogen) atoms. The van der Waals surface area contributed by atoms with E-state index in [0.717, 1.165) is 31.4 Å². The van der Waals surface area contributed by atoms with Crippen molar-refractivity contribution >= 4 is 5.97 Å². The number of rotatable bonds is 9. The molecule has 1 aromatic rings. The first-order valence-electron chi connectivity index (χ1n) is 9.98. The molecule has 0 saturated heterocycles. The minimum Gasteiger partial charge on any atom is -0.461 e. The van der Waals surface area contributed by atoms with Crippen molar-refractivity contribution in [1.29, 1.82) is 0 Å². The van der Waals surface area contributed by atoms with E-state index in [1.54, 1.807) is 0 Å². The Morgan fingerprint density at radius 3 is 2.70 bits per heavy atom. The van der Waals surface area contributed by atoms with Crippen LogP contribution in [0.5, 0.6) is 0 Å². The van der Waals surface area contributed by atoms with Crippen LogP contribution < -0.4 is 0 Å². The van der Waals surface area contributed by atoms with Crippen molar-refractivity contribution in [3.8, 4) is 0 Å². The summed E-state index contributed by atoms with van der Waals surface area (Å²) in [6.45, 7) is 9.95. The molecule has 3 nitrogen and oxygen atoms in total. The van der Waals surface area contributed by atoms with E-state index in [9.17, 15) is 4.79 Å². The van der Waals surface area contributed by atoms with E-state index in [-0.39, 0.29) is 11.4 Å². The van der Waals surface area contributed by atoms with Crippen molar-refractivity contribution in [1.82, 2.24) is 0 Å². The highest BCUT2D eigenvalue weighted by Gasteiger charge is 2.36. The Morgan fingerprint density at radius 1 is 1.26 bits per heavy atom. The lowest BCUT2D eigenvalue weighted by atomic mass is 9.65. The van der Waals surface area contributed by atoms with E-state index in [1.165, 1.54) is 24.5 Å². The van der Waals surface area contributed by atoms with Crippen molar-refractivity contribution in [2.45, 2.75) is 60.0 Å². The number of carbonyl (C=O) groups excluding carboxylic acids is 1. The van der Waals surface area contributed by atoms with Crippen LogP contribution in [0, 0.1) is 11.3 Å². The zero-order valence-corrected chi connectivity index (χ0v) is 17.3. The summed E-state index contributed by atoms with van der Waals surface area (Å²) >= 11 is 0. The van der Waals surface area contributed by atoms with Crippen LogP contribution in [0.3, 0.4) is 0 Å². The van der Waals surface area contributed by atoms with Gasteiger partial charge in [0, 0.05) is 12.8 Å². The summed E-state index contributed by atoms with van der Waals surface area (Å²) in [5.41, 5.74) is 4.04. The minimum atomic E-state index is -0.224. The molecule has 0 aromatic heterocycles. The molecule has 1 aliphatic carbocycles. The number of carbonyl (C=O) groups is 1. The molecule has 0 amide bonds. The van der Waals surface area contributed by atoms with Crippen molar-refractivity contribution in [3.05, 3.63) is 59.2 Å². The fraction of sp³-hybridized carbons (Fsp3) is 0.542. The second kappa shape index (κ2) is 10.5. The van der Waals surface area contributed by atoms with Gasteiger partial charge in [-0.1, -0.05) is 55.0 Å². The Bertz CT molecular complexity index is 659.